The summed E-state index contributed by atoms with van der Waals surface area (Å²) in [6.45, 7) is 0. The molecule has 4 aromatic rings. The van der Waals surface area contributed by atoms with E-state index in [4.69, 9.17) is 4.42 Å². The van der Waals surface area contributed by atoms with Crippen molar-refractivity contribution in [3.05, 3.63) is 82.7 Å². The first-order valence-corrected chi connectivity index (χ1v) is 10.3. The van der Waals surface area contributed by atoms with Gasteiger partial charge in [-0.2, -0.15) is 0 Å². The van der Waals surface area contributed by atoms with E-state index < -0.39 is 23.2 Å². The molecule has 2 heterocycles. The number of nitrogens with one attached hydrogen (secondary N) is 1. The number of halogens is 2. The van der Waals surface area contributed by atoms with E-state index in [9.17, 15) is 13.6 Å². The van der Waals surface area contributed by atoms with Crippen molar-refractivity contribution < 1.29 is 18.0 Å². The van der Waals surface area contributed by atoms with Gasteiger partial charge in [0.05, 0.1) is 11.1 Å². The van der Waals surface area contributed by atoms with Crippen molar-refractivity contribution >= 4 is 22.9 Å². The molecule has 1 aliphatic rings. The van der Waals surface area contributed by atoms with Crippen molar-refractivity contribution in [1.82, 2.24) is 4.98 Å². The Labute approximate surface area is 175 Å². The number of thiophene rings is 1. The van der Waals surface area contributed by atoms with Crippen LogP contribution < -0.4 is 5.32 Å². The first-order valence-electron chi connectivity index (χ1n) is 9.50. The highest BCUT2D eigenvalue weighted by Crippen LogP contribution is 2.40. The zero-order chi connectivity index (χ0) is 20.7. The SMILES string of the molecule is O=C(Nc1c(F)cccc1F)c1cc2c(s1)-c1cc(-c3cnco3)ccc1CCC2. The number of hydrogen-bond acceptors (Lipinski definition) is 4. The number of para-hydroxylation sites is 1. The number of aromatic nitrogens is 1. The van der Waals surface area contributed by atoms with Crippen molar-refractivity contribution in [1.29, 1.82) is 0 Å². The Kier molecular flexibility index (Phi) is 4.67. The van der Waals surface area contributed by atoms with Crippen LogP contribution in [0.15, 0.2) is 59.5 Å². The Morgan fingerprint density at radius 2 is 1.87 bits per heavy atom. The number of oxazole rings is 1. The largest absolute Gasteiger partial charge is 0.444 e. The number of aryl methyl sites for hydroxylation is 2. The minimum Gasteiger partial charge on any atom is -0.444 e. The Hall–Kier alpha value is -3.32. The fourth-order valence-electron chi connectivity index (χ4n) is 3.73. The fraction of sp³-hybridized carbons (Fsp3) is 0.130. The normalized spacial score (nSPS) is 12.7. The van der Waals surface area contributed by atoms with Gasteiger partial charge in [-0.3, -0.25) is 4.79 Å². The molecule has 1 amide bonds. The molecule has 1 N–H and O–H groups in total. The highest BCUT2D eigenvalue weighted by atomic mass is 32.1. The molecule has 0 bridgehead atoms. The first kappa shape index (κ1) is 18.7. The number of rotatable bonds is 3. The lowest BCUT2D eigenvalue weighted by Crippen LogP contribution is -2.12. The van der Waals surface area contributed by atoms with Gasteiger partial charge in [0.1, 0.15) is 17.3 Å². The van der Waals surface area contributed by atoms with Gasteiger partial charge in [0, 0.05) is 10.4 Å². The molecular formula is C23H16F2N2O2S. The molecule has 0 unspecified atom stereocenters. The number of fused-ring (bicyclic) bond motifs is 3. The number of anilines is 1. The molecule has 2 aromatic carbocycles. The molecule has 2 aromatic heterocycles. The number of benzene rings is 2. The second-order valence-electron chi connectivity index (χ2n) is 7.11. The van der Waals surface area contributed by atoms with Crippen LogP contribution in [0.25, 0.3) is 21.8 Å². The van der Waals surface area contributed by atoms with Crippen LogP contribution in [-0.4, -0.2) is 10.9 Å². The second kappa shape index (κ2) is 7.50. The fourth-order valence-corrected chi connectivity index (χ4v) is 4.89. The van der Waals surface area contributed by atoms with Crippen LogP contribution in [-0.2, 0) is 12.8 Å². The van der Waals surface area contributed by atoms with Crippen LogP contribution in [0.1, 0.15) is 27.2 Å². The molecule has 1 aliphatic carbocycles. The summed E-state index contributed by atoms with van der Waals surface area (Å²) in [6.07, 6.45) is 5.79. The summed E-state index contributed by atoms with van der Waals surface area (Å²) < 4.78 is 33.3. The van der Waals surface area contributed by atoms with E-state index in [1.165, 1.54) is 29.4 Å². The van der Waals surface area contributed by atoms with Crippen LogP contribution in [0, 0.1) is 11.6 Å². The number of hydrogen-bond donors (Lipinski definition) is 1. The maximum atomic E-state index is 13.9. The lowest BCUT2D eigenvalue weighted by molar-refractivity contribution is 0.102. The van der Waals surface area contributed by atoms with Crippen molar-refractivity contribution in [3.8, 4) is 21.8 Å². The van der Waals surface area contributed by atoms with Crippen LogP contribution in [0.4, 0.5) is 14.5 Å². The highest BCUT2D eigenvalue weighted by molar-refractivity contribution is 7.17. The Morgan fingerprint density at radius 3 is 2.63 bits per heavy atom. The molecule has 0 radical (unpaired) electrons. The van der Waals surface area contributed by atoms with Gasteiger partial charge in [0.15, 0.2) is 12.2 Å². The zero-order valence-corrected chi connectivity index (χ0v) is 16.6. The van der Waals surface area contributed by atoms with E-state index in [0.29, 0.717) is 10.6 Å². The predicted molar refractivity (Wildman–Crippen MR) is 112 cm³/mol. The first-order chi connectivity index (χ1) is 14.6. The van der Waals surface area contributed by atoms with Gasteiger partial charge >= 0.3 is 0 Å². The summed E-state index contributed by atoms with van der Waals surface area (Å²) in [5.41, 5.74) is 3.79. The van der Waals surface area contributed by atoms with Crippen molar-refractivity contribution in [3.63, 3.8) is 0 Å². The molecule has 5 rings (SSSR count). The lowest BCUT2D eigenvalue weighted by atomic mass is 10.00. The molecule has 0 saturated carbocycles. The predicted octanol–water partition coefficient (Wildman–Crippen LogP) is 6.09. The van der Waals surface area contributed by atoms with Crippen LogP contribution in [0.2, 0.25) is 0 Å². The van der Waals surface area contributed by atoms with Gasteiger partial charge in [-0.1, -0.05) is 18.2 Å². The van der Waals surface area contributed by atoms with Crippen molar-refractivity contribution in [2.45, 2.75) is 19.3 Å². The quantitative estimate of drug-likeness (QED) is 0.435. The third kappa shape index (κ3) is 3.31. The molecule has 150 valence electrons. The van der Waals surface area contributed by atoms with Gasteiger partial charge in [-0.25, -0.2) is 13.8 Å². The Morgan fingerprint density at radius 1 is 1.07 bits per heavy atom. The Balaban J connectivity index is 1.53. The third-order valence-electron chi connectivity index (χ3n) is 5.20. The summed E-state index contributed by atoms with van der Waals surface area (Å²) in [5.74, 6) is -1.45. The minimum atomic E-state index is -0.802. The van der Waals surface area contributed by atoms with Crippen molar-refractivity contribution in [2.24, 2.45) is 0 Å². The van der Waals surface area contributed by atoms with E-state index in [1.807, 2.05) is 12.1 Å². The second-order valence-corrected chi connectivity index (χ2v) is 8.16. The van der Waals surface area contributed by atoms with E-state index in [2.05, 4.69) is 22.4 Å². The Bertz CT molecular complexity index is 1230. The number of nitrogens with zero attached hydrogens (tertiary/aromatic N) is 1. The van der Waals surface area contributed by atoms with Gasteiger partial charge < -0.3 is 9.73 Å². The highest BCUT2D eigenvalue weighted by Gasteiger charge is 2.22. The smallest absolute Gasteiger partial charge is 0.265 e. The third-order valence-corrected chi connectivity index (χ3v) is 6.41. The van der Waals surface area contributed by atoms with Gasteiger partial charge in [-0.15, -0.1) is 11.3 Å². The van der Waals surface area contributed by atoms with Crippen molar-refractivity contribution in [2.75, 3.05) is 5.32 Å². The summed E-state index contributed by atoms with van der Waals surface area (Å²) in [6, 6.07) is 11.5. The lowest BCUT2D eigenvalue weighted by Gasteiger charge is -2.08. The number of carbonyl (C=O) groups excluding carboxylic acids is 1. The summed E-state index contributed by atoms with van der Waals surface area (Å²) >= 11 is 1.33. The molecule has 30 heavy (non-hydrogen) atoms. The van der Waals surface area contributed by atoms with E-state index in [-0.39, 0.29) is 0 Å². The van der Waals surface area contributed by atoms with Gasteiger partial charge in [0.25, 0.3) is 5.91 Å². The maximum absolute atomic E-state index is 13.9. The number of carbonyl (C=O) groups is 1. The standard InChI is InChI=1S/C23H16F2N2O2S/c24-17-5-2-6-18(25)21(17)27-23(28)20-10-15-4-1-3-13-7-8-14(19-11-26-12-29-19)9-16(13)22(15)30-20/h2,5-12H,1,3-4H2,(H,27,28). The summed E-state index contributed by atoms with van der Waals surface area (Å²) in [7, 11) is 0. The van der Waals surface area contributed by atoms with E-state index in [0.717, 1.165) is 53.0 Å². The molecular weight excluding hydrogens is 406 g/mol. The minimum absolute atomic E-state index is 0.417. The summed E-state index contributed by atoms with van der Waals surface area (Å²) in [5, 5.41) is 2.38. The molecule has 0 saturated heterocycles. The van der Waals surface area contributed by atoms with Gasteiger partial charge in [-0.05, 0) is 60.2 Å². The van der Waals surface area contributed by atoms with Crippen LogP contribution >= 0.6 is 11.3 Å². The van der Waals surface area contributed by atoms with E-state index >= 15 is 0 Å². The number of amides is 1. The average Bonchev–Trinajstić information content (AvgIpc) is 3.39. The molecule has 0 atom stereocenters. The molecule has 0 spiro atoms. The zero-order valence-electron chi connectivity index (χ0n) is 15.7. The molecule has 4 nitrogen and oxygen atoms in total. The summed E-state index contributed by atoms with van der Waals surface area (Å²) in [4.78, 5) is 18.1. The molecule has 0 fully saturated rings. The van der Waals surface area contributed by atoms with Gasteiger partial charge in [0.2, 0.25) is 0 Å². The molecule has 7 heteroatoms. The topological polar surface area (TPSA) is 55.1 Å². The van der Waals surface area contributed by atoms with E-state index in [1.54, 1.807) is 6.20 Å². The monoisotopic (exact) mass is 422 g/mol. The maximum Gasteiger partial charge on any atom is 0.265 e. The van der Waals surface area contributed by atoms with Crippen LogP contribution in [0.3, 0.4) is 0 Å². The van der Waals surface area contributed by atoms with Crippen LogP contribution in [0.5, 0.6) is 0 Å². The molecule has 0 aliphatic heterocycles. The average molecular weight is 422 g/mol.